The fourth-order valence-electron chi connectivity index (χ4n) is 2.62. The zero-order chi connectivity index (χ0) is 11.4. The van der Waals surface area contributed by atoms with Gasteiger partial charge in [0.25, 0.3) is 0 Å². The van der Waals surface area contributed by atoms with Gasteiger partial charge in [0.1, 0.15) is 0 Å². The number of carbonyl (C=O) groups excluding carboxylic acids is 1. The van der Waals surface area contributed by atoms with Crippen molar-refractivity contribution in [1.29, 1.82) is 0 Å². The summed E-state index contributed by atoms with van der Waals surface area (Å²) in [6.45, 7) is 2.89. The Morgan fingerprint density at radius 1 is 1.25 bits per heavy atom. The van der Waals surface area contributed by atoms with E-state index in [-0.39, 0.29) is 18.6 Å². The molecule has 2 aliphatic rings. The molecule has 2 saturated heterocycles. The highest BCUT2D eigenvalue weighted by Gasteiger charge is 2.28. The maximum Gasteiger partial charge on any atom is 0.239 e. The molecule has 0 saturated carbocycles. The summed E-state index contributed by atoms with van der Waals surface area (Å²) < 4.78 is 0. The zero-order valence-corrected chi connectivity index (χ0v) is 9.82. The minimum Gasteiger partial charge on any atom is -0.396 e. The van der Waals surface area contributed by atoms with Gasteiger partial charge in [-0.15, -0.1) is 0 Å². The van der Waals surface area contributed by atoms with E-state index in [1.165, 1.54) is 6.42 Å². The molecule has 0 bridgehead atoms. The molecule has 0 aliphatic carbocycles. The van der Waals surface area contributed by atoms with Gasteiger partial charge in [-0.05, 0) is 38.1 Å². The second-order valence-corrected chi connectivity index (χ2v) is 4.95. The first-order valence-corrected chi connectivity index (χ1v) is 6.44. The van der Waals surface area contributed by atoms with Crippen molar-refractivity contribution in [3.63, 3.8) is 0 Å². The molecule has 4 heteroatoms. The number of amides is 1. The summed E-state index contributed by atoms with van der Waals surface area (Å²) in [7, 11) is 0. The second kappa shape index (κ2) is 5.64. The number of hydrogen-bond acceptors (Lipinski definition) is 3. The average Bonchev–Trinajstić information content (AvgIpc) is 2.39. The smallest absolute Gasteiger partial charge is 0.239 e. The number of carbonyl (C=O) groups is 1. The van der Waals surface area contributed by atoms with Crippen molar-refractivity contribution in [1.82, 2.24) is 10.2 Å². The van der Waals surface area contributed by atoms with Crippen molar-refractivity contribution in [2.75, 3.05) is 26.2 Å². The van der Waals surface area contributed by atoms with Crippen LogP contribution in [0.15, 0.2) is 0 Å². The largest absolute Gasteiger partial charge is 0.396 e. The standard InChI is InChI=1S/C12H22N2O2/c15-9-10-4-7-14(8-5-10)12(16)11-3-1-2-6-13-11/h10-11,13,15H,1-9H2/t11-/m0/s1. The molecule has 1 atom stereocenters. The fourth-order valence-corrected chi connectivity index (χ4v) is 2.62. The number of piperidine rings is 2. The second-order valence-electron chi connectivity index (χ2n) is 4.95. The number of rotatable bonds is 2. The highest BCUT2D eigenvalue weighted by Crippen LogP contribution is 2.18. The van der Waals surface area contributed by atoms with Crippen LogP contribution in [0.3, 0.4) is 0 Å². The summed E-state index contributed by atoms with van der Waals surface area (Å²) in [6, 6.07) is 0.0550. The van der Waals surface area contributed by atoms with E-state index in [1.54, 1.807) is 0 Å². The molecule has 0 unspecified atom stereocenters. The monoisotopic (exact) mass is 226 g/mol. The predicted molar refractivity (Wildman–Crippen MR) is 62.0 cm³/mol. The van der Waals surface area contributed by atoms with Crippen LogP contribution in [0, 0.1) is 5.92 Å². The Labute approximate surface area is 97.0 Å². The van der Waals surface area contributed by atoms with Crippen LogP contribution in [0.2, 0.25) is 0 Å². The topological polar surface area (TPSA) is 52.6 Å². The minimum atomic E-state index is 0.0550. The van der Waals surface area contributed by atoms with Crippen LogP contribution in [0.25, 0.3) is 0 Å². The third-order valence-electron chi connectivity index (χ3n) is 3.79. The van der Waals surface area contributed by atoms with E-state index in [1.807, 2.05) is 4.90 Å². The zero-order valence-electron chi connectivity index (χ0n) is 9.82. The van der Waals surface area contributed by atoms with Crippen molar-refractivity contribution in [3.05, 3.63) is 0 Å². The molecule has 4 nitrogen and oxygen atoms in total. The van der Waals surface area contributed by atoms with Crippen molar-refractivity contribution >= 4 is 5.91 Å². The van der Waals surface area contributed by atoms with Gasteiger partial charge < -0.3 is 15.3 Å². The van der Waals surface area contributed by atoms with Gasteiger partial charge in [-0.25, -0.2) is 0 Å². The van der Waals surface area contributed by atoms with Gasteiger partial charge in [0.05, 0.1) is 6.04 Å². The van der Waals surface area contributed by atoms with Gasteiger partial charge in [-0.2, -0.15) is 0 Å². The van der Waals surface area contributed by atoms with E-state index >= 15 is 0 Å². The highest BCUT2D eigenvalue weighted by molar-refractivity contribution is 5.82. The first kappa shape index (κ1) is 11.9. The summed E-state index contributed by atoms with van der Waals surface area (Å²) in [5.41, 5.74) is 0. The van der Waals surface area contributed by atoms with Gasteiger partial charge in [-0.1, -0.05) is 6.42 Å². The van der Waals surface area contributed by atoms with Crippen LogP contribution in [0.5, 0.6) is 0 Å². The maximum absolute atomic E-state index is 12.1. The molecular formula is C12H22N2O2. The Balaban J connectivity index is 1.81. The summed E-state index contributed by atoms with van der Waals surface area (Å²) in [5.74, 6) is 0.680. The molecule has 0 aromatic heterocycles. The molecule has 0 aromatic carbocycles. The van der Waals surface area contributed by atoms with E-state index in [0.29, 0.717) is 5.92 Å². The Morgan fingerprint density at radius 3 is 2.56 bits per heavy atom. The first-order valence-electron chi connectivity index (χ1n) is 6.44. The first-order chi connectivity index (χ1) is 7.81. The van der Waals surface area contributed by atoms with E-state index in [0.717, 1.165) is 45.3 Å². The van der Waals surface area contributed by atoms with E-state index < -0.39 is 0 Å². The Morgan fingerprint density at radius 2 is 2.00 bits per heavy atom. The lowest BCUT2D eigenvalue weighted by atomic mass is 9.96. The highest BCUT2D eigenvalue weighted by atomic mass is 16.3. The minimum absolute atomic E-state index is 0.0550. The molecule has 2 N–H and O–H groups in total. The van der Waals surface area contributed by atoms with Crippen molar-refractivity contribution in [2.24, 2.45) is 5.92 Å². The Hall–Kier alpha value is -0.610. The van der Waals surface area contributed by atoms with Crippen LogP contribution in [0.4, 0.5) is 0 Å². The molecule has 2 fully saturated rings. The lowest BCUT2D eigenvalue weighted by molar-refractivity contribution is -0.135. The molecule has 1 amide bonds. The summed E-state index contributed by atoms with van der Waals surface area (Å²) in [5, 5.41) is 12.3. The van der Waals surface area contributed by atoms with Gasteiger partial charge in [0.15, 0.2) is 0 Å². The number of aliphatic hydroxyl groups excluding tert-OH is 1. The average molecular weight is 226 g/mol. The van der Waals surface area contributed by atoms with Crippen LogP contribution < -0.4 is 5.32 Å². The fraction of sp³-hybridized carbons (Fsp3) is 0.917. The molecule has 2 aliphatic heterocycles. The molecule has 2 rings (SSSR count). The van der Waals surface area contributed by atoms with E-state index in [2.05, 4.69) is 5.32 Å². The van der Waals surface area contributed by atoms with E-state index in [9.17, 15) is 4.79 Å². The molecular weight excluding hydrogens is 204 g/mol. The summed E-state index contributed by atoms with van der Waals surface area (Å²) in [6.07, 6.45) is 5.25. The number of hydrogen-bond donors (Lipinski definition) is 2. The third kappa shape index (κ3) is 2.74. The quantitative estimate of drug-likeness (QED) is 0.715. The lowest BCUT2D eigenvalue weighted by Gasteiger charge is -2.35. The van der Waals surface area contributed by atoms with Crippen LogP contribution in [0.1, 0.15) is 32.1 Å². The van der Waals surface area contributed by atoms with Crippen molar-refractivity contribution in [2.45, 2.75) is 38.1 Å². The van der Waals surface area contributed by atoms with Gasteiger partial charge in [0.2, 0.25) is 5.91 Å². The lowest BCUT2D eigenvalue weighted by Crippen LogP contribution is -2.50. The third-order valence-corrected chi connectivity index (χ3v) is 3.79. The number of likely N-dealkylation sites (tertiary alicyclic amines) is 1. The number of nitrogens with one attached hydrogen (secondary N) is 1. The Kier molecular flexibility index (Phi) is 4.18. The van der Waals surface area contributed by atoms with Crippen LogP contribution >= 0.6 is 0 Å². The SMILES string of the molecule is O=C([C@@H]1CCCCN1)N1CCC(CO)CC1. The van der Waals surface area contributed by atoms with Gasteiger partial charge in [-0.3, -0.25) is 4.79 Å². The molecule has 0 spiro atoms. The molecule has 92 valence electrons. The predicted octanol–water partition coefficient (Wildman–Crippen LogP) is 0.359. The summed E-state index contributed by atoms with van der Waals surface area (Å²) >= 11 is 0. The maximum atomic E-state index is 12.1. The molecule has 0 aromatic rings. The number of aliphatic hydroxyl groups is 1. The van der Waals surface area contributed by atoms with Crippen LogP contribution in [-0.4, -0.2) is 48.2 Å². The Bertz CT molecular complexity index is 231. The number of nitrogens with zero attached hydrogens (tertiary/aromatic N) is 1. The van der Waals surface area contributed by atoms with Crippen molar-refractivity contribution < 1.29 is 9.90 Å². The molecule has 2 heterocycles. The normalized spacial score (nSPS) is 28.1. The van der Waals surface area contributed by atoms with E-state index in [4.69, 9.17) is 5.11 Å². The van der Waals surface area contributed by atoms with Crippen LogP contribution in [-0.2, 0) is 4.79 Å². The molecule has 16 heavy (non-hydrogen) atoms. The van der Waals surface area contributed by atoms with Crippen molar-refractivity contribution in [3.8, 4) is 0 Å². The molecule has 0 radical (unpaired) electrons. The van der Waals surface area contributed by atoms with Gasteiger partial charge >= 0.3 is 0 Å². The summed E-state index contributed by atoms with van der Waals surface area (Å²) in [4.78, 5) is 14.1. The van der Waals surface area contributed by atoms with Gasteiger partial charge in [0, 0.05) is 19.7 Å².